The van der Waals surface area contributed by atoms with Crippen LogP contribution in [0.2, 0.25) is 0 Å². The summed E-state index contributed by atoms with van der Waals surface area (Å²) >= 11 is 0. The summed E-state index contributed by atoms with van der Waals surface area (Å²) in [7, 11) is 0. The lowest BCUT2D eigenvalue weighted by molar-refractivity contribution is 0.122. The van der Waals surface area contributed by atoms with Gasteiger partial charge >= 0.3 is 0 Å². The van der Waals surface area contributed by atoms with Crippen LogP contribution in [0.5, 0.6) is 0 Å². The van der Waals surface area contributed by atoms with E-state index in [2.05, 4.69) is 37.6 Å². The second kappa shape index (κ2) is 4.25. The zero-order chi connectivity index (χ0) is 9.90. The molecule has 2 heteroatoms. The molecule has 0 bridgehead atoms. The van der Waals surface area contributed by atoms with Crippen molar-refractivity contribution in [1.29, 1.82) is 0 Å². The maximum atomic E-state index is 3.85. The first-order chi connectivity index (χ1) is 6.11. The second-order valence-corrected chi connectivity index (χ2v) is 4.29. The average Bonchev–Trinajstić information content (AvgIpc) is 2.17. The van der Waals surface area contributed by atoms with Crippen molar-refractivity contribution in [3.63, 3.8) is 0 Å². The summed E-state index contributed by atoms with van der Waals surface area (Å²) in [6.45, 7) is 14.0. The summed E-state index contributed by atoms with van der Waals surface area (Å²) in [5.41, 5.74) is 0.301. The van der Waals surface area contributed by atoms with Gasteiger partial charge in [0.15, 0.2) is 0 Å². The lowest BCUT2D eigenvalue weighted by Crippen LogP contribution is -2.59. The molecule has 0 saturated carbocycles. The molecule has 0 amide bonds. The molecule has 0 aromatic heterocycles. The highest BCUT2D eigenvalue weighted by molar-refractivity contribution is 4.95. The van der Waals surface area contributed by atoms with Crippen LogP contribution in [-0.4, -0.2) is 36.1 Å². The van der Waals surface area contributed by atoms with Crippen LogP contribution >= 0.6 is 0 Å². The molecular weight excluding hydrogens is 160 g/mol. The Kier molecular flexibility index (Phi) is 3.51. The van der Waals surface area contributed by atoms with Crippen LogP contribution in [-0.2, 0) is 0 Å². The van der Waals surface area contributed by atoms with Crippen molar-refractivity contribution in [2.75, 3.05) is 19.6 Å². The molecule has 0 radical (unpaired) electrons. The molecule has 1 fully saturated rings. The van der Waals surface area contributed by atoms with Gasteiger partial charge in [0.2, 0.25) is 0 Å². The molecule has 2 nitrogen and oxygen atoms in total. The van der Waals surface area contributed by atoms with Crippen LogP contribution in [0.25, 0.3) is 0 Å². The van der Waals surface area contributed by atoms with Crippen molar-refractivity contribution >= 4 is 0 Å². The van der Waals surface area contributed by atoms with E-state index in [0.29, 0.717) is 11.6 Å². The molecule has 1 rings (SSSR count). The van der Waals surface area contributed by atoms with E-state index in [1.807, 2.05) is 6.08 Å². The number of hydrogen-bond acceptors (Lipinski definition) is 2. The van der Waals surface area contributed by atoms with Crippen molar-refractivity contribution in [2.24, 2.45) is 0 Å². The first-order valence-electron chi connectivity index (χ1n) is 5.23. The highest BCUT2D eigenvalue weighted by Gasteiger charge is 2.29. The predicted octanol–water partition coefficient (Wildman–Crippen LogP) is 1.63. The Morgan fingerprint density at radius 1 is 1.69 bits per heavy atom. The van der Waals surface area contributed by atoms with Crippen LogP contribution in [0, 0.1) is 0 Å². The van der Waals surface area contributed by atoms with Gasteiger partial charge in [0, 0.05) is 31.2 Å². The zero-order valence-electron chi connectivity index (χ0n) is 9.14. The Morgan fingerprint density at radius 2 is 2.38 bits per heavy atom. The van der Waals surface area contributed by atoms with Crippen molar-refractivity contribution in [1.82, 2.24) is 10.2 Å². The zero-order valence-corrected chi connectivity index (χ0v) is 9.14. The van der Waals surface area contributed by atoms with E-state index in [9.17, 15) is 0 Å². The lowest BCUT2D eigenvalue weighted by atomic mass is 9.95. The Morgan fingerprint density at radius 3 is 2.92 bits per heavy atom. The maximum Gasteiger partial charge on any atom is 0.0278 e. The van der Waals surface area contributed by atoms with E-state index in [4.69, 9.17) is 0 Å². The van der Waals surface area contributed by atoms with Crippen LogP contribution in [0.1, 0.15) is 27.2 Å². The third-order valence-electron chi connectivity index (χ3n) is 3.20. The molecule has 0 spiro atoms. The second-order valence-electron chi connectivity index (χ2n) is 4.29. The number of hydrogen-bond donors (Lipinski definition) is 1. The summed E-state index contributed by atoms with van der Waals surface area (Å²) in [6, 6.07) is 0.507. The molecule has 0 aromatic carbocycles. The normalized spacial score (nSPS) is 32.8. The molecular formula is C11H22N2. The van der Waals surface area contributed by atoms with Crippen molar-refractivity contribution < 1.29 is 0 Å². The minimum absolute atomic E-state index is 0.301. The number of nitrogens with zero attached hydrogens (tertiary/aromatic N) is 1. The summed E-state index contributed by atoms with van der Waals surface area (Å²) in [6.07, 6.45) is 3.22. The minimum Gasteiger partial charge on any atom is -0.309 e. The Hall–Kier alpha value is -0.340. The highest BCUT2D eigenvalue weighted by Crippen LogP contribution is 2.17. The summed E-state index contributed by atoms with van der Waals surface area (Å²) in [4.78, 5) is 2.49. The van der Waals surface area contributed by atoms with Crippen molar-refractivity contribution in [2.45, 2.75) is 38.8 Å². The van der Waals surface area contributed by atoms with Gasteiger partial charge in [-0.15, -0.1) is 6.58 Å². The van der Waals surface area contributed by atoms with Gasteiger partial charge in [-0.2, -0.15) is 0 Å². The summed E-state index contributed by atoms with van der Waals surface area (Å²) in [5, 5.41) is 3.58. The standard InChI is InChI=1S/C11H22N2/c1-5-10(3)13-8-7-12-11(4,6-2)9-13/h5,10,12H,1,6-9H2,2-4H3. The average molecular weight is 182 g/mol. The monoisotopic (exact) mass is 182 g/mol. The molecule has 1 N–H and O–H groups in total. The first kappa shape index (κ1) is 10.7. The van der Waals surface area contributed by atoms with Gasteiger partial charge in [-0.05, 0) is 20.3 Å². The Bertz CT molecular complexity index is 179. The topological polar surface area (TPSA) is 15.3 Å². The fourth-order valence-electron chi connectivity index (χ4n) is 1.82. The molecule has 1 heterocycles. The van der Waals surface area contributed by atoms with Crippen molar-refractivity contribution in [3.05, 3.63) is 12.7 Å². The molecule has 0 aliphatic carbocycles. The number of rotatable bonds is 3. The fraction of sp³-hybridized carbons (Fsp3) is 0.818. The van der Waals surface area contributed by atoms with Gasteiger partial charge in [0.1, 0.15) is 0 Å². The van der Waals surface area contributed by atoms with Gasteiger partial charge in [-0.25, -0.2) is 0 Å². The van der Waals surface area contributed by atoms with Crippen LogP contribution in [0.4, 0.5) is 0 Å². The molecule has 76 valence electrons. The van der Waals surface area contributed by atoms with E-state index < -0.39 is 0 Å². The van der Waals surface area contributed by atoms with Gasteiger partial charge in [-0.3, -0.25) is 4.90 Å². The molecule has 2 atom stereocenters. The van der Waals surface area contributed by atoms with Crippen molar-refractivity contribution in [3.8, 4) is 0 Å². The quantitative estimate of drug-likeness (QED) is 0.667. The van der Waals surface area contributed by atoms with E-state index in [-0.39, 0.29) is 0 Å². The third kappa shape index (κ3) is 2.55. The van der Waals surface area contributed by atoms with Crippen LogP contribution in [0.3, 0.4) is 0 Å². The van der Waals surface area contributed by atoms with Gasteiger partial charge < -0.3 is 5.32 Å². The largest absolute Gasteiger partial charge is 0.309 e. The van der Waals surface area contributed by atoms with E-state index in [1.54, 1.807) is 0 Å². The summed E-state index contributed by atoms with van der Waals surface area (Å²) < 4.78 is 0. The third-order valence-corrected chi connectivity index (χ3v) is 3.20. The minimum atomic E-state index is 0.301. The molecule has 1 aliphatic rings. The Labute approximate surface area is 82.0 Å². The Balaban J connectivity index is 2.55. The number of nitrogens with one attached hydrogen (secondary N) is 1. The lowest BCUT2D eigenvalue weighted by Gasteiger charge is -2.43. The molecule has 1 saturated heterocycles. The molecule has 2 unspecified atom stereocenters. The first-order valence-corrected chi connectivity index (χ1v) is 5.23. The van der Waals surface area contributed by atoms with E-state index in [1.165, 1.54) is 6.42 Å². The van der Waals surface area contributed by atoms with Gasteiger partial charge in [0.25, 0.3) is 0 Å². The molecule has 0 aromatic rings. The smallest absolute Gasteiger partial charge is 0.0278 e. The highest BCUT2D eigenvalue weighted by atomic mass is 15.2. The van der Waals surface area contributed by atoms with Crippen LogP contribution in [0.15, 0.2) is 12.7 Å². The molecule has 1 aliphatic heterocycles. The number of piperazine rings is 1. The summed E-state index contributed by atoms with van der Waals surface area (Å²) in [5.74, 6) is 0. The fourth-order valence-corrected chi connectivity index (χ4v) is 1.82. The van der Waals surface area contributed by atoms with E-state index in [0.717, 1.165) is 19.6 Å². The molecule has 13 heavy (non-hydrogen) atoms. The van der Waals surface area contributed by atoms with Crippen LogP contribution < -0.4 is 5.32 Å². The van der Waals surface area contributed by atoms with E-state index >= 15 is 0 Å². The predicted molar refractivity (Wildman–Crippen MR) is 57.9 cm³/mol. The van der Waals surface area contributed by atoms with Gasteiger partial charge in [-0.1, -0.05) is 13.0 Å². The SMILES string of the molecule is C=CC(C)N1CCNC(C)(CC)C1. The van der Waals surface area contributed by atoms with Gasteiger partial charge in [0.05, 0.1) is 0 Å². The maximum absolute atomic E-state index is 3.85.